The Kier molecular flexibility index (Phi) is 7.65. The molecular formula is C24H22B2N8O6. The molecule has 14 nitrogen and oxygen atoms in total. The van der Waals surface area contributed by atoms with Gasteiger partial charge >= 0.3 is 14.2 Å². The summed E-state index contributed by atoms with van der Waals surface area (Å²) in [6, 6.07) is 13.6. The van der Waals surface area contributed by atoms with Crippen LogP contribution < -0.4 is 22.0 Å². The van der Waals surface area contributed by atoms with E-state index in [1.165, 1.54) is 12.7 Å². The fourth-order valence-electron chi connectivity index (χ4n) is 4.03. The van der Waals surface area contributed by atoms with Gasteiger partial charge in [-0.1, -0.05) is 48.5 Å². The van der Waals surface area contributed by atoms with Gasteiger partial charge in [0.2, 0.25) is 0 Å². The molecule has 0 fully saturated rings. The van der Waals surface area contributed by atoms with Gasteiger partial charge in [-0.3, -0.25) is 9.59 Å². The first-order chi connectivity index (χ1) is 19.3. The Labute approximate surface area is 225 Å². The molecule has 2 aromatic carbocycles. The Balaban J connectivity index is 0.000000161. The van der Waals surface area contributed by atoms with Gasteiger partial charge < -0.3 is 39.2 Å². The molecule has 0 saturated heterocycles. The molecule has 0 aliphatic heterocycles. The van der Waals surface area contributed by atoms with Crippen LogP contribution in [0.15, 0.2) is 83.4 Å². The maximum absolute atomic E-state index is 11.8. The van der Waals surface area contributed by atoms with Crippen molar-refractivity contribution in [3.8, 4) is 0 Å². The van der Waals surface area contributed by atoms with Crippen molar-refractivity contribution in [3.05, 3.63) is 106 Å². The highest BCUT2D eigenvalue weighted by atomic mass is 16.4. The number of H-pyrrole nitrogens is 2. The van der Waals surface area contributed by atoms with E-state index in [1.807, 2.05) is 0 Å². The molecule has 0 bridgehead atoms. The number of nitrogens with one attached hydrogen (secondary N) is 2. The summed E-state index contributed by atoms with van der Waals surface area (Å²) in [5.41, 5.74) is 3.82. The Morgan fingerprint density at radius 3 is 1.77 bits per heavy atom. The number of benzene rings is 2. The van der Waals surface area contributed by atoms with Crippen molar-refractivity contribution < 1.29 is 20.1 Å². The van der Waals surface area contributed by atoms with E-state index in [1.54, 1.807) is 70.3 Å². The molecule has 0 aliphatic carbocycles. The predicted octanol–water partition coefficient (Wildman–Crippen LogP) is -2.30. The van der Waals surface area contributed by atoms with Crippen molar-refractivity contribution in [2.75, 3.05) is 0 Å². The summed E-state index contributed by atoms with van der Waals surface area (Å²) in [6.45, 7) is 0.946. The predicted molar refractivity (Wildman–Crippen MR) is 147 cm³/mol. The second kappa shape index (κ2) is 11.5. The third kappa shape index (κ3) is 5.74. The second-order valence-corrected chi connectivity index (χ2v) is 8.78. The monoisotopic (exact) mass is 540 g/mol. The molecule has 0 amide bonds. The largest absolute Gasteiger partial charge is 0.488 e. The molecule has 0 radical (unpaired) electrons. The maximum Gasteiger partial charge on any atom is 0.488 e. The highest BCUT2D eigenvalue weighted by molar-refractivity contribution is 6.58. The van der Waals surface area contributed by atoms with E-state index in [4.69, 9.17) is 20.1 Å². The molecule has 0 spiro atoms. The molecule has 40 heavy (non-hydrogen) atoms. The van der Waals surface area contributed by atoms with Crippen molar-refractivity contribution in [3.63, 3.8) is 0 Å². The summed E-state index contributed by atoms with van der Waals surface area (Å²) < 4.78 is 3.46. The van der Waals surface area contributed by atoms with Gasteiger partial charge in [0.05, 0.1) is 31.9 Å². The Morgan fingerprint density at radius 1 is 0.650 bits per heavy atom. The van der Waals surface area contributed by atoms with Gasteiger partial charge in [-0.25, -0.2) is 19.9 Å². The molecule has 0 saturated carbocycles. The lowest BCUT2D eigenvalue weighted by Gasteiger charge is -2.05. The van der Waals surface area contributed by atoms with Gasteiger partial charge in [-0.2, -0.15) is 0 Å². The smallest absolute Gasteiger partial charge is 0.423 e. The Morgan fingerprint density at radius 2 is 1.18 bits per heavy atom. The van der Waals surface area contributed by atoms with E-state index in [0.717, 1.165) is 11.1 Å². The maximum atomic E-state index is 11.8. The van der Waals surface area contributed by atoms with Gasteiger partial charge in [-0.15, -0.1) is 0 Å². The number of hydrogen-bond acceptors (Lipinski definition) is 10. The lowest BCUT2D eigenvalue weighted by Crippen LogP contribution is -2.29. The van der Waals surface area contributed by atoms with Crippen molar-refractivity contribution in [2.45, 2.75) is 13.1 Å². The second-order valence-electron chi connectivity index (χ2n) is 8.78. The van der Waals surface area contributed by atoms with Crippen molar-refractivity contribution in [1.82, 2.24) is 39.0 Å². The number of fused-ring (bicyclic) bond motifs is 2. The van der Waals surface area contributed by atoms with E-state index >= 15 is 0 Å². The minimum absolute atomic E-state index is 0.241. The first kappa shape index (κ1) is 26.7. The number of nitrogens with zero attached hydrogens (tertiary/aromatic N) is 6. The number of hydrogen-bond donors (Lipinski definition) is 6. The molecule has 200 valence electrons. The summed E-state index contributed by atoms with van der Waals surface area (Å²) in [5, 5.41) is 36.1. The molecule has 6 rings (SSSR count). The van der Waals surface area contributed by atoms with Gasteiger partial charge in [0, 0.05) is 6.54 Å². The molecule has 0 unspecified atom stereocenters. The molecule has 6 aromatic rings. The summed E-state index contributed by atoms with van der Waals surface area (Å²) in [6.07, 6.45) is 5.77. The Hall–Kier alpha value is -4.89. The molecule has 0 atom stereocenters. The van der Waals surface area contributed by atoms with Crippen LogP contribution in [0.1, 0.15) is 11.1 Å². The molecule has 0 aliphatic rings. The molecule has 6 N–H and O–H groups in total. The molecular weight excluding hydrogens is 518 g/mol. The highest BCUT2D eigenvalue weighted by Gasteiger charge is 2.12. The average Bonchev–Trinajstić information content (AvgIpc) is 3.55. The van der Waals surface area contributed by atoms with Crippen LogP contribution in [-0.2, 0) is 13.1 Å². The zero-order chi connectivity index (χ0) is 28.2. The van der Waals surface area contributed by atoms with Crippen LogP contribution in [0, 0.1) is 0 Å². The lowest BCUT2D eigenvalue weighted by molar-refractivity contribution is 0.424. The standard InChI is InChI=1S/2C12H11BN4O3/c18-12-10-11(14-6-15-12)16-7-17(10)5-8-1-3-9(4-2-8)13(19)20;18-12-10-11(14-6-15-12)17(7-16-10)5-8-1-3-9(4-2-8)13(19)20/h2*1-4,6-7,19-20H,5H2,(H,14,15,18). The van der Waals surface area contributed by atoms with Crippen molar-refractivity contribution in [2.24, 2.45) is 0 Å². The van der Waals surface area contributed by atoms with E-state index in [2.05, 4.69) is 29.9 Å². The van der Waals surface area contributed by atoms with E-state index in [9.17, 15) is 9.59 Å². The van der Waals surface area contributed by atoms with Crippen molar-refractivity contribution in [1.29, 1.82) is 0 Å². The third-order valence-corrected chi connectivity index (χ3v) is 6.09. The number of imidazole rings is 2. The van der Waals surface area contributed by atoms with E-state index < -0.39 is 14.2 Å². The Bertz CT molecular complexity index is 1860. The average molecular weight is 540 g/mol. The van der Waals surface area contributed by atoms with Crippen molar-refractivity contribution >= 4 is 47.5 Å². The van der Waals surface area contributed by atoms with Crippen LogP contribution in [0.3, 0.4) is 0 Å². The summed E-state index contributed by atoms with van der Waals surface area (Å²) in [5.74, 6) is 0. The molecule has 16 heteroatoms. The summed E-state index contributed by atoms with van der Waals surface area (Å²) in [4.78, 5) is 44.5. The van der Waals surface area contributed by atoms with Gasteiger partial charge in [-0.05, 0) is 22.1 Å². The van der Waals surface area contributed by atoms with Gasteiger partial charge in [0.1, 0.15) is 0 Å². The lowest BCUT2D eigenvalue weighted by atomic mass is 9.80. The van der Waals surface area contributed by atoms with Crippen LogP contribution in [0.4, 0.5) is 0 Å². The third-order valence-electron chi connectivity index (χ3n) is 6.09. The van der Waals surface area contributed by atoms with Crippen LogP contribution in [0.2, 0.25) is 0 Å². The van der Waals surface area contributed by atoms with Gasteiger partial charge in [0.25, 0.3) is 11.1 Å². The molecule has 4 aromatic heterocycles. The number of aromatic amines is 2. The summed E-state index contributed by atoms with van der Waals surface area (Å²) >= 11 is 0. The first-order valence-corrected chi connectivity index (χ1v) is 12.0. The normalized spacial score (nSPS) is 10.9. The van der Waals surface area contributed by atoms with Crippen LogP contribution >= 0.6 is 0 Å². The van der Waals surface area contributed by atoms with E-state index in [-0.39, 0.29) is 11.1 Å². The quantitative estimate of drug-likeness (QED) is 0.125. The first-order valence-electron chi connectivity index (χ1n) is 12.0. The summed E-state index contributed by atoms with van der Waals surface area (Å²) in [7, 11) is -2.96. The highest BCUT2D eigenvalue weighted by Crippen LogP contribution is 2.09. The SMILES string of the molecule is O=c1[nH]cnc2c1ncn2Cc1ccc(B(O)O)cc1.O=c1[nH]cnc2ncn(Cc3ccc(B(O)O)cc3)c12. The fraction of sp³-hybridized carbons (Fsp3) is 0.0833. The zero-order valence-corrected chi connectivity index (χ0v) is 20.8. The fourth-order valence-corrected chi connectivity index (χ4v) is 4.03. The molecule has 4 heterocycles. The zero-order valence-electron chi connectivity index (χ0n) is 20.8. The minimum atomic E-state index is -1.48. The van der Waals surface area contributed by atoms with Crippen LogP contribution in [0.25, 0.3) is 22.3 Å². The van der Waals surface area contributed by atoms with Crippen LogP contribution in [0.5, 0.6) is 0 Å². The van der Waals surface area contributed by atoms with E-state index in [0.29, 0.717) is 46.3 Å². The minimum Gasteiger partial charge on any atom is -0.423 e. The number of aromatic nitrogens is 8. The number of rotatable bonds is 6. The van der Waals surface area contributed by atoms with Gasteiger partial charge in [0.15, 0.2) is 22.3 Å². The van der Waals surface area contributed by atoms with Crippen LogP contribution in [-0.4, -0.2) is 73.4 Å². The topological polar surface area (TPSA) is 208 Å².